The lowest BCUT2D eigenvalue weighted by Crippen LogP contribution is -2.40. The molecule has 108 valence electrons. The van der Waals surface area contributed by atoms with Crippen LogP contribution in [-0.4, -0.2) is 34.6 Å². The van der Waals surface area contributed by atoms with Gasteiger partial charge in [0.05, 0.1) is 11.3 Å². The molecule has 0 heterocycles. The Balaban J connectivity index is 3.00. The lowest BCUT2D eigenvalue weighted by atomic mass is 10.2. The van der Waals surface area contributed by atoms with Crippen molar-refractivity contribution in [1.29, 1.82) is 0 Å². The fourth-order valence-electron chi connectivity index (χ4n) is 1.66. The van der Waals surface area contributed by atoms with Crippen LogP contribution in [0.1, 0.15) is 24.2 Å². The van der Waals surface area contributed by atoms with Crippen LogP contribution in [0.25, 0.3) is 0 Å². The highest BCUT2D eigenvalue weighted by atomic mass is 79.9. The van der Waals surface area contributed by atoms with Crippen LogP contribution < -0.4 is 5.32 Å². The SMILES string of the molecule is C=CCN(C(=O)Nc1ccc(Br)cc1C(=O)O)C(C)C. The second kappa shape index (κ2) is 7.09. The van der Waals surface area contributed by atoms with Gasteiger partial charge in [-0.3, -0.25) is 0 Å². The number of anilines is 1. The number of aromatic carboxylic acids is 1. The second-order valence-electron chi connectivity index (χ2n) is 4.46. The van der Waals surface area contributed by atoms with Crippen LogP contribution in [-0.2, 0) is 0 Å². The summed E-state index contributed by atoms with van der Waals surface area (Å²) in [5.74, 6) is -1.10. The van der Waals surface area contributed by atoms with Crippen LogP contribution in [0.2, 0.25) is 0 Å². The molecule has 6 heteroatoms. The van der Waals surface area contributed by atoms with Gasteiger partial charge in [-0.05, 0) is 32.0 Å². The number of amides is 2. The minimum absolute atomic E-state index is 0.0169. The molecule has 1 rings (SSSR count). The molecule has 1 aromatic carbocycles. The quantitative estimate of drug-likeness (QED) is 0.805. The monoisotopic (exact) mass is 340 g/mol. The van der Waals surface area contributed by atoms with Gasteiger partial charge in [0.25, 0.3) is 0 Å². The Labute approximate surface area is 126 Å². The number of nitrogens with zero attached hydrogens (tertiary/aromatic N) is 1. The van der Waals surface area contributed by atoms with Crippen LogP contribution in [0, 0.1) is 0 Å². The molecule has 0 spiro atoms. The predicted octanol–water partition coefficient (Wildman–Crippen LogP) is 3.58. The number of carbonyl (C=O) groups is 2. The van der Waals surface area contributed by atoms with Crippen molar-refractivity contribution in [1.82, 2.24) is 4.90 Å². The Bertz CT molecular complexity index is 529. The number of halogens is 1. The summed E-state index contributed by atoms with van der Waals surface area (Å²) in [5.41, 5.74) is 0.301. The molecule has 0 radical (unpaired) electrons. The maximum absolute atomic E-state index is 12.2. The molecule has 2 amide bonds. The molecule has 0 aliphatic heterocycles. The third-order valence-electron chi connectivity index (χ3n) is 2.66. The first-order valence-corrected chi connectivity index (χ1v) is 6.87. The first-order chi connectivity index (χ1) is 9.36. The first kappa shape index (κ1) is 16.2. The first-order valence-electron chi connectivity index (χ1n) is 6.08. The van der Waals surface area contributed by atoms with Gasteiger partial charge in [-0.25, -0.2) is 9.59 Å². The van der Waals surface area contributed by atoms with Gasteiger partial charge < -0.3 is 15.3 Å². The zero-order valence-corrected chi connectivity index (χ0v) is 13.0. The zero-order chi connectivity index (χ0) is 15.3. The van der Waals surface area contributed by atoms with Crippen molar-refractivity contribution in [2.24, 2.45) is 0 Å². The molecule has 0 atom stereocenters. The minimum Gasteiger partial charge on any atom is -0.478 e. The molecule has 5 nitrogen and oxygen atoms in total. The van der Waals surface area contributed by atoms with Crippen molar-refractivity contribution in [3.05, 3.63) is 40.9 Å². The summed E-state index contributed by atoms with van der Waals surface area (Å²) in [6.45, 7) is 7.75. The van der Waals surface area contributed by atoms with Crippen LogP contribution in [0.3, 0.4) is 0 Å². The largest absolute Gasteiger partial charge is 0.478 e. The van der Waals surface area contributed by atoms with E-state index in [2.05, 4.69) is 27.8 Å². The van der Waals surface area contributed by atoms with E-state index in [-0.39, 0.29) is 23.3 Å². The van der Waals surface area contributed by atoms with E-state index in [4.69, 9.17) is 5.11 Å². The normalized spacial score (nSPS) is 10.2. The van der Waals surface area contributed by atoms with Gasteiger partial charge in [0.1, 0.15) is 0 Å². The molecule has 20 heavy (non-hydrogen) atoms. The summed E-state index contributed by atoms with van der Waals surface area (Å²) in [7, 11) is 0. The summed E-state index contributed by atoms with van der Waals surface area (Å²) < 4.78 is 0.639. The number of hydrogen-bond acceptors (Lipinski definition) is 2. The number of carbonyl (C=O) groups excluding carboxylic acids is 1. The summed E-state index contributed by atoms with van der Waals surface area (Å²) in [4.78, 5) is 24.9. The molecular formula is C14H17BrN2O3. The number of carboxylic acids is 1. The lowest BCUT2D eigenvalue weighted by molar-refractivity contribution is 0.0698. The van der Waals surface area contributed by atoms with Crippen molar-refractivity contribution in [2.75, 3.05) is 11.9 Å². The number of benzene rings is 1. The van der Waals surface area contributed by atoms with E-state index in [1.807, 2.05) is 13.8 Å². The van der Waals surface area contributed by atoms with Gasteiger partial charge in [-0.1, -0.05) is 22.0 Å². The Morgan fingerprint density at radius 3 is 2.65 bits per heavy atom. The fraction of sp³-hybridized carbons (Fsp3) is 0.286. The maximum Gasteiger partial charge on any atom is 0.337 e. The topological polar surface area (TPSA) is 69.6 Å². The van der Waals surface area contributed by atoms with Gasteiger partial charge in [-0.2, -0.15) is 0 Å². The Morgan fingerprint density at radius 1 is 1.50 bits per heavy atom. The van der Waals surface area contributed by atoms with Gasteiger partial charge in [0, 0.05) is 17.1 Å². The molecule has 0 bridgehead atoms. The highest BCUT2D eigenvalue weighted by molar-refractivity contribution is 9.10. The van der Waals surface area contributed by atoms with Crippen LogP contribution in [0.15, 0.2) is 35.3 Å². The predicted molar refractivity (Wildman–Crippen MR) is 82.2 cm³/mol. The molecular weight excluding hydrogens is 324 g/mol. The smallest absolute Gasteiger partial charge is 0.337 e. The van der Waals surface area contributed by atoms with Crippen molar-refractivity contribution in [3.8, 4) is 0 Å². The highest BCUT2D eigenvalue weighted by Crippen LogP contribution is 2.21. The van der Waals surface area contributed by atoms with E-state index in [1.54, 1.807) is 23.1 Å². The number of urea groups is 1. The van der Waals surface area contributed by atoms with E-state index in [0.717, 1.165) is 0 Å². The summed E-state index contributed by atoms with van der Waals surface area (Å²) >= 11 is 3.21. The Hall–Kier alpha value is -1.82. The number of nitrogens with one attached hydrogen (secondary N) is 1. The van der Waals surface area contributed by atoms with Crippen molar-refractivity contribution >= 4 is 33.6 Å². The molecule has 1 aromatic rings. The Kier molecular flexibility index (Phi) is 5.76. The molecule has 0 aliphatic carbocycles. The number of rotatable bonds is 5. The summed E-state index contributed by atoms with van der Waals surface area (Å²) in [5, 5.41) is 11.8. The lowest BCUT2D eigenvalue weighted by Gasteiger charge is -2.25. The Morgan fingerprint density at radius 2 is 2.15 bits per heavy atom. The van der Waals surface area contributed by atoms with Gasteiger partial charge >= 0.3 is 12.0 Å². The fourth-order valence-corrected chi connectivity index (χ4v) is 2.02. The third kappa shape index (κ3) is 4.09. The summed E-state index contributed by atoms with van der Waals surface area (Å²) in [6, 6.07) is 4.31. The van der Waals surface area contributed by atoms with Crippen molar-refractivity contribution < 1.29 is 14.7 Å². The van der Waals surface area contributed by atoms with E-state index in [0.29, 0.717) is 11.0 Å². The molecule has 0 aliphatic rings. The molecule has 0 saturated carbocycles. The van der Waals surface area contributed by atoms with E-state index >= 15 is 0 Å². The average Bonchev–Trinajstić information content (AvgIpc) is 2.37. The van der Waals surface area contributed by atoms with Crippen LogP contribution in [0.5, 0.6) is 0 Å². The van der Waals surface area contributed by atoms with E-state index in [1.165, 1.54) is 6.07 Å². The van der Waals surface area contributed by atoms with Crippen LogP contribution >= 0.6 is 15.9 Å². The molecule has 0 aromatic heterocycles. The number of carboxylic acid groups (broad SMARTS) is 1. The van der Waals surface area contributed by atoms with Crippen molar-refractivity contribution in [2.45, 2.75) is 19.9 Å². The van der Waals surface area contributed by atoms with Gasteiger partial charge in [0.2, 0.25) is 0 Å². The minimum atomic E-state index is -1.10. The highest BCUT2D eigenvalue weighted by Gasteiger charge is 2.18. The molecule has 2 N–H and O–H groups in total. The third-order valence-corrected chi connectivity index (χ3v) is 3.16. The molecule has 0 fully saturated rings. The van der Waals surface area contributed by atoms with Gasteiger partial charge in [-0.15, -0.1) is 6.58 Å². The standard InChI is InChI=1S/C14H17BrN2O3/c1-4-7-17(9(2)3)14(20)16-12-6-5-10(15)8-11(12)13(18)19/h4-6,8-9H,1,7H2,2-3H3,(H,16,20)(H,18,19). The van der Waals surface area contributed by atoms with Crippen molar-refractivity contribution in [3.63, 3.8) is 0 Å². The molecule has 0 saturated heterocycles. The summed E-state index contributed by atoms with van der Waals surface area (Å²) in [6.07, 6.45) is 1.62. The maximum atomic E-state index is 12.2. The average molecular weight is 341 g/mol. The molecule has 0 unspecified atom stereocenters. The van der Waals surface area contributed by atoms with E-state index in [9.17, 15) is 9.59 Å². The number of hydrogen-bond donors (Lipinski definition) is 2. The van der Waals surface area contributed by atoms with E-state index < -0.39 is 5.97 Å². The van der Waals surface area contributed by atoms with Crippen LogP contribution in [0.4, 0.5) is 10.5 Å². The zero-order valence-electron chi connectivity index (χ0n) is 11.4. The van der Waals surface area contributed by atoms with Gasteiger partial charge in [0.15, 0.2) is 0 Å². The second-order valence-corrected chi connectivity index (χ2v) is 5.38.